The summed E-state index contributed by atoms with van der Waals surface area (Å²) in [5.41, 5.74) is 6.54. The third-order valence-corrected chi connectivity index (χ3v) is 3.23. The van der Waals surface area contributed by atoms with Gasteiger partial charge in [0, 0.05) is 10.0 Å². The molecular weight excluding hydrogens is 327 g/mol. The van der Waals surface area contributed by atoms with Gasteiger partial charge in [-0.3, -0.25) is 0 Å². The Labute approximate surface area is 137 Å². The molecule has 0 spiro atoms. The van der Waals surface area contributed by atoms with Crippen LogP contribution in [0.3, 0.4) is 0 Å². The van der Waals surface area contributed by atoms with Crippen molar-refractivity contribution >= 4 is 35.0 Å². The number of hydrogen-bond donors (Lipinski definition) is 1. The summed E-state index contributed by atoms with van der Waals surface area (Å²) in [5, 5.41) is 4.59. The van der Waals surface area contributed by atoms with Crippen LogP contribution < -0.4 is 10.5 Å². The first kappa shape index (κ1) is 16.1. The first-order chi connectivity index (χ1) is 10.5. The Morgan fingerprint density at radius 2 is 1.73 bits per heavy atom. The Balaban J connectivity index is 2.17. The number of methoxy groups -OCH3 is 1. The molecule has 2 aromatic rings. The van der Waals surface area contributed by atoms with E-state index in [4.69, 9.17) is 38.5 Å². The molecule has 0 saturated carbocycles. The summed E-state index contributed by atoms with van der Waals surface area (Å²) in [6, 6.07) is 11.1. The largest absolute Gasteiger partial charge is 0.496 e. The molecule has 114 valence electrons. The second kappa shape index (κ2) is 7.15. The first-order valence-corrected chi connectivity index (χ1v) is 6.91. The van der Waals surface area contributed by atoms with Gasteiger partial charge in [-0.2, -0.15) is 0 Å². The fourth-order valence-corrected chi connectivity index (χ4v) is 1.96. The van der Waals surface area contributed by atoms with Crippen LogP contribution in [0.1, 0.15) is 15.9 Å². The van der Waals surface area contributed by atoms with Gasteiger partial charge in [-0.05, 0) is 42.5 Å². The molecule has 0 radical (unpaired) electrons. The smallest absolute Gasteiger partial charge is 0.365 e. The van der Waals surface area contributed by atoms with E-state index in [0.717, 1.165) is 0 Å². The molecule has 0 aliphatic heterocycles. The highest BCUT2D eigenvalue weighted by Crippen LogP contribution is 2.22. The minimum atomic E-state index is -0.652. The maximum absolute atomic E-state index is 11.8. The van der Waals surface area contributed by atoms with E-state index in [1.165, 1.54) is 19.2 Å². The van der Waals surface area contributed by atoms with Gasteiger partial charge in [0.05, 0.1) is 18.2 Å². The van der Waals surface area contributed by atoms with E-state index in [1.807, 2.05) is 0 Å². The predicted molar refractivity (Wildman–Crippen MR) is 85.6 cm³/mol. The first-order valence-electron chi connectivity index (χ1n) is 6.15. The fourth-order valence-electron chi connectivity index (χ4n) is 1.66. The van der Waals surface area contributed by atoms with Crippen LogP contribution in [-0.2, 0) is 4.84 Å². The number of benzene rings is 2. The highest BCUT2D eigenvalue weighted by Gasteiger charge is 2.11. The van der Waals surface area contributed by atoms with Gasteiger partial charge in [0.15, 0.2) is 5.84 Å². The molecule has 7 heteroatoms. The van der Waals surface area contributed by atoms with Crippen LogP contribution in [0, 0.1) is 0 Å². The molecule has 2 rings (SSSR count). The summed E-state index contributed by atoms with van der Waals surface area (Å²) in [6.07, 6.45) is 0. The minimum Gasteiger partial charge on any atom is -0.496 e. The zero-order valence-corrected chi connectivity index (χ0v) is 13.1. The molecule has 0 unspecified atom stereocenters. The number of carbonyl (C=O) groups excluding carboxylic acids is 1. The van der Waals surface area contributed by atoms with E-state index in [0.29, 0.717) is 26.9 Å². The molecule has 0 amide bonds. The fraction of sp³-hybridized carbons (Fsp3) is 0.0667. The zero-order valence-electron chi connectivity index (χ0n) is 11.5. The van der Waals surface area contributed by atoms with Crippen molar-refractivity contribution in [3.05, 3.63) is 63.6 Å². The molecule has 2 N–H and O–H groups in total. The third kappa shape index (κ3) is 3.90. The van der Waals surface area contributed by atoms with E-state index in [2.05, 4.69) is 5.16 Å². The maximum atomic E-state index is 11.8. The van der Waals surface area contributed by atoms with Crippen LogP contribution in [0.15, 0.2) is 47.6 Å². The lowest BCUT2D eigenvalue weighted by Crippen LogP contribution is -2.16. The Hall–Kier alpha value is -2.24. The highest BCUT2D eigenvalue weighted by molar-refractivity contribution is 6.31. The normalized spacial score (nSPS) is 11.1. The Kier molecular flexibility index (Phi) is 5.25. The molecule has 2 aromatic carbocycles. The minimum absolute atomic E-state index is 0.0262. The van der Waals surface area contributed by atoms with Gasteiger partial charge in [0.25, 0.3) is 0 Å². The molecule has 0 atom stereocenters. The van der Waals surface area contributed by atoms with Gasteiger partial charge in [-0.25, -0.2) is 4.79 Å². The number of hydrogen-bond acceptors (Lipinski definition) is 4. The maximum Gasteiger partial charge on any atom is 0.365 e. The quantitative estimate of drug-likeness (QED) is 0.401. The summed E-state index contributed by atoms with van der Waals surface area (Å²) < 4.78 is 5.15. The lowest BCUT2D eigenvalue weighted by molar-refractivity contribution is 0.0516. The second-order valence-corrected chi connectivity index (χ2v) is 5.08. The van der Waals surface area contributed by atoms with Crippen molar-refractivity contribution in [3.63, 3.8) is 0 Å². The van der Waals surface area contributed by atoms with Gasteiger partial charge in [0.2, 0.25) is 0 Å². The summed E-state index contributed by atoms with van der Waals surface area (Å²) in [6.45, 7) is 0. The Morgan fingerprint density at radius 1 is 1.09 bits per heavy atom. The van der Waals surface area contributed by atoms with Crippen LogP contribution in [0.4, 0.5) is 0 Å². The second-order valence-electron chi connectivity index (χ2n) is 4.21. The molecule has 0 aliphatic carbocycles. The van der Waals surface area contributed by atoms with Gasteiger partial charge >= 0.3 is 5.97 Å². The number of rotatable bonds is 4. The summed E-state index contributed by atoms with van der Waals surface area (Å²) in [7, 11) is 1.49. The highest BCUT2D eigenvalue weighted by atomic mass is 35.5. The summed E-state index contributed by atoms with van der Waals surface area (Å²) in [5.74, 6) is -0.213. The van der Waals surface area contributed by atoms with E-state index < -0.39 is 5.97 Å². The van der Waals surface area contributed by atoms with Crippen molar-refractivity contribution in [2.24, 2.45) is 10.9 Å². The third-order valence-electron chi connectivity index (χ3n) is 2.74. The number of nitrogens with two attached hydrogens (primary N) is 1. The SMILES string of the molecule is COc1ccc(Cl)cc1/C(N)=N/OC(=O)c1ccc(Cl)cc1. The van der Waals surface area contributed by atoms with Crippen molar-refractivity contribution in [2.75, 3.05) is 7.11 Å². The topological polar surface area (TPSA) is 73.9 Å². The number of amidine groups is 1. The van der Waals surface area contributed by atoms with Gasteiger partial charge in [-0.1, -0.05) is 28.4 Å². The lowest BCUT2D eigenvalue weighted by atomic mass is 10.2. The molecule has 5 nitrogen and oxygen atoms in total. The average molecular weight is 339 g/mol. The van der Waals surface area contributed by atoms with E-state index in [-0.39, 0.29) is 5.84 Å². The van der Waals surface area contributed by atoms with Crippen LogP contribution in [0.2, 0.25) is 10.0 Å². The molecule has 0 aliphatic rings. The molecule has 0 bridgehead atoms. The van der Waals surface area contributed by atoms with Crippen molar-refractivity contribution < 1.29 is 14.4 Å². The number of nitrogens with zero attached hydrogens (tertiary/aromatic N) is 1. The van der Waals surface area contributed by atoms with Crippen molar-refractivity contribution in [1.29, 1.82) is 0 Å². The molecule has 22 heavy (non-hydrogen) atoms. The standard InChI is InChI=1S/C15H12Cl2N2O3/c1-21-13-7-6-11(17)8-12(13)14(18)19-22-15(20)9-2-4-10(16)5-3-9/h2-8H,1H3,(H2,18,19). The zero-order chi connectivity index (χ0) is 16.1. The summed E-state index contributed by atoms with van der Waals surface area (Å²) >= 11 is 11.7. The number of ether oxygens (including phenoxy) is 1. The summed E-state index contributed by atoms with van der Waals surface area (Å²) in [4.78, 5) is 16.6. The Morgan fingerprint density at radius 3 is 2.36 bits per heavy atom. The molecular formula is C15H12Cl2N2O3. The van der Waals surface area contributed by atoms with Crippen molar-refractivity contribution in [2.45, 2.75) is 0 Å². The van der Waals surface area contributed by atoms with E-state index >= 15 is 0 Å². The van der Waals surface area contributed by atoms with Crippen LogP contribution in [-0.4, -0.2) is 18.9 Å². The van der Waals surface area contributed by atoms with Crippen molar-refractivity contribution in [1.82, 2.24) is 0 Å². The molecule has 0 fully saturated rings. The van der Waals surface area contributed by atoms with Crippen LogP contribution in [0.25, 0.3) is 0 Å². The lowest BCUT2D eigenvalue weighted by Gasteiger charge is -2.07. The molecule has 0 saturated heterocycles. The molecule has 0 aromatic heterocycles. The van der Waals surface area contributed by atoms with E-state index in [9.17, 15) is 4.79 Å². The Bertz CT molecular complexity index is 715. The van der Waals surface area contributed by atoms with Crippen LogP contribution >= 0.6 is 23.2 Å². The van der Waals surface area contributed by atoms with Gasteiger partial charge in [0.1, 0.15) is 5.75 Å². The average Bonchev–Trinajstić information content (AvgIpc) is 2.53. The van der Waals surface area contributed by atoms with Gasteiger partial charge < -0.3 is 15.3 Å². The van der Waals surface area contributed by atoms with Crippen LogP contribution in [0.5, 0.6) is 5.75 Å². The number of halogens is 2. The number of carbonyl (C=O) groups is 1. The predicted octanol–water partition coefficient (Wildman–Crippen LogP) is 3.48. The van der Waals surface area contributed by atoms with E-state index in [1.54, 1.807) is 30.3 Å². The number of oxime groups is 1. The molecule has 0 heterocycles. The van der Waals surface area contributed by atoms with Crippen molar-refractivity contribution in [3.8, 4) is 5.75 Å². The monoisotopic (exact) mass is 338 g/mol. The van der Waals surface area contributed by atoms with Gasteiger partial charge in [-0.15, -0.1) is 0 Å².